The summed E-state index contributed by atoms with van der Waals surface area (Å²) < 4.78 is 22.2. The van der Waals surface area contributed by atoms with Crippen molar-refractivity contribution in [3.63, 3.8) is 0 Å². The van der Waals surface area contributed by atoms with E-state index in [1.807, 2.05) is 0 Å². The molecule has 100 valence electrons. The number of carbonyl (C=O) groups excluding carboxylic acids is 1. The molecule has 17 heavy (non-hydrogen) atoms. The average molecular weight is 262 g/mol. The van der Waals surface area contributed by atoms with E-state index in [-0.39, 0.29) is 23.7 Å². The van der Waals surface area contributed by atoms with Crippen LogP contribution in [0.4, 0.5) is 0 Å². The third-order valence-electron chi connectivity index (χ3n) is 2.87. The predicted octanol–water partition coefficient (Wildman–Crippen LogP) is 0.0663. The number of piperidine rings is 1. The summed E-state index contributed by atoms with van der Waals surface area (Å²) in [6, 6.07) is -0.165. The number of amides is 1. The highest BCUT2D eigenvalue weighted by Crippen LogP contribution is 2.12. The van der Waals surface area contributed by atoms with Gasteiger partial charge < -0.3 is 10.6 Å². The molecule has 0 spiro atoms. The molecule has 0 radical (unpaired) electrons. The van der Waals surface area contributed by atoms with E-state index in [4.69, 9.17) is 0 Å². The van der Waals surface area contributed by atoms with Crippen molar-refractivity contribution in [1.29, 1.82) is 0 Å². The lowest BCUT2D eigenvalue weighted by Gasteiger charge is -2.28. The first kappa shape index (κ1) is 14.4. The molecular formula is C11H22N2O3S. The number of carbonyl (C=O) groups is 1. The first-order valence-electron chi connectivity index (χ1n) is 6.02. The van der Waals surface area contributed by atoms with Gasteiger partial charge >= 0.3 is 0 Å². The zero-order chi connectivity index (χ0) is 13.1. The van der Waals surface area contributed by atoms with Gasteiger partial charge in [0.15, 0.2) is 0 Å². The molecule has 1 saturated heterocycles. The Bertz CT molecular complexity index is 367. The first-order chi connectivity index (χ1) is 7.78. The summed E-state index contributed by atoms with van der Waals surface area (Å²) in [5.74, 6) is -0.103. The molecule has 1 amide bonds. The first-order valence-corrected chi connectivity index (χ1v) is 8.08. The van der Waals surface area contributed by atoms with Crippen molar-refractivity contribution in [2.45, 2.75) is 51.2 Å². The van der Waals surface area contributed by atoms with Gasteiger partial charge in [0.25, 0.3) is 0 Å². The van der Waals surface area contributed by atoms with E-state index in [0.29, 0.717) is 6.04 Å². The van der Waals surface area contributed by atoms with Gasteiger partial charge in [-0.15, -0.1) is 0 Å². The maximum atomic E-state index is 11.9. The summed E-state index contributed by atoms with van der Waals surface area (Å²) in [5.41, 5.74) is 0. The standard InChI is InChI=1S/C11H22N2O3S/c1-8-5-4-6-10(12-8)11(14)13-9(2)7-17(3,15)16/h8-10,12H,4-7H2,1-3H3,(H,13,14). The Morgan fingerprint density at radius 2 is 2.12 bits per heavy atom. The van der Waals surface area contributed by atoms with Crippen LogP contribution in [0.1, 0.15) is 33.1 Å². The van der Waals surface area contributed by atoms with Crippen molar-refractivity contribution in [2.75, 3.05) is 12.0 Å². The van der Waals surface area contributed by atoms with Gasteiger partial charge in [-0.25, -0.2) is 8.42 Å². The number of sulfone groups is 1. The lowest BCUT2D eigenvalue weighted by Crippen LogP contribution is -2.52. The lowest BCUT2D eigenvalue weighted by molar-refractivity contribution is -0.124. The van der Waals surface area contributed by atoms with Crippen LogP contribution < -0.4 is 10.6 Å². The molecule has 0 bridgehead atoms. The van der Waals surface area contributed by atoms with Gasteiger partial charge in [0.2, 0.25) is 5.91 Å². The Hall–Kier alpha value is -0.620. The van der Waals surface area contributed by atoms with E-state index in [2.05, 4.69) is 17.6 Å². The van der Waals surface area contributed by atoms with Gasteiger partial charge in [0, 0.05) is 18.3 Å². The fourth-order valence-corrected chi connectivity index (χ4v) is 3.18. The Balaban J connectivity index is 2.43. The van der Waals surface area contributed by atoms with Crippen molar-refractivity contribution in [3.05, 3.63) is 0 Å². The van der Waals surface area contributed by atoms with E-state index in [1.165, 1.54) is 6.26 Å². The van der Waals surface area contributed by atoms with Crippen LogP contribution in [0.25, 0.3) is 0 Å². The largest absolute Gasteiger partial charge is 0.351 e. The third kappa shape index (κ3) is 5.50. The number of rotatable bonds is 4. The molecule has 0 saturated carbocycles. The smallest absolute Gasteiger partial charge is 0.237 e. The highest BCUT2D eigenvalue weighted by molar-refractivity contribution is 7.90. The molecule has 0 aromatic rings. The molecule has 2 N–H and O–H groups in total. The number of hydrogen-bond donors (Lipinski definition) is 2. The van der Waals surface area contributed by atoms with Gasteiger partial charge in [0.05, 0.1) is 11.8 Å². The topological polar surface area (TPSA) is 75.3 Å². The minimum absolute atomic E-state index is 0.0129. The predicted molar refractivity (Wildman–Crippen MR) is 67.6 cm³/mol. The van der Waals surface area contributed by atoms with Crippen LogP contribution in [-0.2, 0) is 14.6 Å². The van der Waals surface area contributed by atoms with E-state index in [0.717, 1.165) is 19.3 Å². The Kier molecular flexibility index (Phi) is 4.94. The average Bonchev–Trinajstić information content (AvgIpc) is 2.14. The maximum Gasteiger partial charge on any atom is 0.237 e. The van der Waals surface area contributed by atoms with Crippen LogP contribution in [0.2, 0.25) is 0 Å². The van der Waals surface area contributed by atoms with E-state index in [9.17, 15) is 13.2 Å². The summed E-state index contributed by atoms with van der Waals surface area (Å²) in [4.78, 5) is 11.9. The Morgan fingerprint density at radius 3 is 2.65 bits per heavy atom. The zero-order valence-electron chi connectivity index (χ0n) is 10.7. The Morgan fingerprint density at radius 1 is 1.47 bits per heavy atom. The van der Waals surface area contributed by atoms with E-state index < -0.39 is 9.84 Å². The van der Waals surface area contributed by atoms with Crippen LogP contribution >= 0.6 is 0 Å². The second-order valence-corrected chi connectivity index (χ2v) is 7.24. The van der Waals surface area contributed by atoms with Gasteiger partial charge in [-0.1, -0.05) is 0 Å². The van der Waals surface area contributed by atoms with Gasteiger partial charge in [-0.3, -0.25) is 4.79 Å². The van der Waals surface area contributed by atoms with E-state index >= 15 is 0 Å². The molecule has 3 unspecified atom stereocenters. The van der Waals surface area contributed by atoms with Crippen LogP contribution in [0.5, 0.6) is 0 Å². The summed E-state index contributed by atoms with van der Waals surface area (Å²) >= 11 is 0. The molecule has 6 heteroatoms. The summed E-state index contributed by atoms with van der Waals surface area (Å²) in [6.07, 6.45) is 4.12. The molecule has 3 atom stereocenters. The Labute approximate surface area is 103 Å². The van der Waals surface area contributed by atoms with Crippen molar-refractivity contribution in [1.82, 2.24) is 10.6 Å². The zero-order valence-corrected chi connectivity index (χ0v) is 11.5. The van der Waals surface area contributed by atoms with Gasteiger partial charge in [0.1, 0.15) is 9.84 Å². The second kappa shape index (κ2) is 5.82. The fraction of sp³-hybridized carbons (Fsp3) is 0.909. The monoisotopic (exact) mass is 262 g/mol. The molecule has 0 aromatic heterocycles. The molecule has 0 aromatic carbocycles. The molecule has 1 fully saturated rings. The number of hydrogen-bond acceptors (Lipinski definition) is 4. The van der Waals surface area contributed by atoms with Crippen LogP contribution in [0.3, 0.4) is 0 Å². The van der Waals surface area contributed by atoms with Crippen molar-refractivity contribution < 1.29 is 13.2 Å². The second-order valence-electron chi connectivity index (χ2n) is 5.05. The minimum atomic E-state index is -3.05. The highest BCUT2D eigenvalue weighted by Gasteiger charge is 2.25. The van der Waals surface area contributed by atoms with Crippen molar-refractivity contribution >= 4 is 15.7 Å². The van der Waals surface area contributed by atoms with Crippen molar-refractivity contribution in [3.8, 4) is 0 Å². The molecule has 1 heterocycles. The van der Waals surface area contributed by atoms with E-state index in [1.54, 1.807) is 6.92 Å². The third-order valence-corrected chi connectivity index (χ3v) is 3.98. The van der Waals surface area contributed by atoms with Crippen LogP contribution in [0.15, 0.2) is 0 Å². The lowest BCUT2D eigenvalue weighted by atomic mass is 9.99. The SMILES string of the molecule is CC(CS(C)(=O)=O)NC(=O)C1CCCC(C)N1. The summed E-state index contributed by atoms with van der Waals surface area (Å²) in [6.45, 7) is 3.77. The molecule has 5 nitrogen and oxygen atoms in total. The quantitative estimate of drug-likeness (QED) is 0.751. The van der Waals surface area contributed by atoms with Gasteiger partial charge in [-0.2, -0.15) is 0 Å². The van der Waals surface area contributed by atoms with Crippen LogP contribution in [0, 0.1) is 0 Å². The molecule has 0 aliphatic carbocycles. The normalized spacial score (nSPS) is 27.5. The summed E-state index contributed by atoms with van der Waals surface area (Å²) in [7, 11) is -3.05. The number of nitrogens with one attached hydrogen (secondary N) is 2. The highest BCUT2D eigenvalue weighted by atomic mass is 32.2. The maximum absolute atomic E-state index is 11.9. The van der Waals surface area contributed by atoms with Gasteiger partial charge in [-0.05, 0) is 33.1 Å². The molecule has 1 aliphatic heterocycles. The molecular weight excluding hydrogens is 240 g/mol. The minimum Gasteiger partial charge on any atom is -0.351 e. The summed E-state index contributed by atoms with van der Waals surface area (Å²) in [5, 5.41) is 5.97. The van der Waals surface area contributed by atoms with Crippen molar-refractivity contribution in [2.24, 2.45) is 0 Å². The fourth-order valence-electron chi connectivity index (χ4n) is 2.18. The molecule has 1 aliphatic rings. The van der Waals surface area contributed by atoms with Crippen LogP contribution in [-0.4, -0.2) is 44.5 Å². The molecule has 1 rings (SSSR count).